The van der Waals surface area contributed by atoms with Crippen molar-refractivity contribution in [2.24, 2.45) is 5.84 Å². The molecule has 1 aromatic rings. The Balaban J connectivity index is 2.97. The first-order valence-electron chi connectivity index (χ1n) is 2.57. The van der Waals surface area contributed by atoms with Crippen LogP contribution in [0.4, 0.5) is 0 Å². The normalized spacial score (nSPS) is 9.73. The number of nitrogens with two attached hydrogens (primary N) is 1. The summed E-state index contributed by atoms with van der Waals surface area (Å²) in [5, 5.41) is 0.163. The molecule has 0 radical (unpaired) electrons. The number of halogens is 2. The Morgan fingerprint density at radius 1 is 1.64 bits per heavy atom. The fourth-order valence-corrected chi connectivity index (χ4v) is 0.770. The van der Waals surface area contributed by atoms with E-state index in [9.17, 15) is 4.79 Å². The molecule has 0 aliphatic rings. The molecule has 1 amide bonds. The molecule has 1 rings (SSSR count). The van der Waals surface area contributed by atoms with E-state index in [1.807, 2.05) is 5.43 Å². The summed E-state index contributed by atoms with van der Waals surface area (Å²) in [6.45, 7) is 0. The van der Waals surface area contributed by atoms with Gasteiger partial charge in [-0.15, -0.1) is 0 Å². The van der Waals surface area contributed by atoms with Crippen LogP contribution in [0, 0.1) is 0 Å². The Morgan fingerprint density at radius 2 is 2.27 bits per heavy atom. The van der Waals surface area contributed by atoms with Crippen molar-refractivity contribution >= 4 is 29.1 Å². The predicted octanol–water partition coefficient (Wildman–Crippen LogP) is 0.320. The van der Waals surface area contributed by atoms with Crippen LogP contribution in [0.25, 0.3) is 0 Å². The van der Waals surface area contributed by atoms with Crippen LogP contribution < -0.4 is 11.3 Å². The number of nitrogens with zero attached hydrogens (tertiary/aromatic N) is 1. The van der Waals surface area contributed by atoms with Crippen molar-refractivity contribution in [3.05, 3.63) is 16.1 Å². The number of hydrazine groups is 1. The van der Waals surface area contributed by atoms with Crippen LogP contribution in [0.2, 0.25) is 10.3 Å². The third kappa shape index (κ3) is 1.62. The van der Waals surface area contributed by atoms with Gasteiger partial charge in [0.25, 0.3) is 0 Å². The van der Waals surface area contributed by atoms with E-state index >= 15 is 0 Å². The smallest absolute Gasteiger partial charge is 0.301 e. The third-order valence-electron chi connectivity index (χ3n) is 0.965. The van der Waals surface area contributed by atoms with Crippen molar-refractivity contribution in [1.29, 1.82) is 0 Å². The van der Waals surface area contributed by atoms with Crippen molar-refractivity contribution in [2.45, 2.75) is 0 Å². The fraction of sp³-hybridized carbons (Fsp3) is 0. The van der Waals surface area contributed by atoms with Gasteiger partial charge in [-0.05, 0) is 0 Å². The van der Waals surface area contributed by atoms with Crippen LogP contribution >= 0.6 is 23.2 Å². The number of hydrogen-bond acceptors (Lipinski definition) is 3. The van der Waals surface area contributed by atoms with Gasteiger partial charge >= 0.3 is 5.91 Å². The number of imidazole rings is 1. The van der Waals surface area contributed by atoms with Crippen molar-refractivity contribution in [3.63, 3.8) is 0 Å². The van der Waals surface area contributed by atoms with E-state index < -0.39 is 5.91 Å². The number of H-pyrrole nitrogens is 1. The molecule has 11 heavy (non-hydrogen) atoms. The number of hydrogen-bond donors (Lipinski definition) is 3. The van der Waals surface area contributed by atoms with Crippen molar-refractivity contribution in [2.75, 3.05) is 0 Å². The molecular weight excluding hydrogens is 191 g/mol. The van der Waals surface area contributed by atoms with Crippen LogP contribution in [-0.4, -0.2) is 15.9 Å². The monoisotopic (exact) mass is 194 g/mol. The molecule has 1 heterocycles. The number of carbonyl (C=O) groups excluding carboxylic acids is 1. The molecule has 0 saturated carbocycles. The number of nitrogens with one attached hydrogen (secondary N) is 2. The molecule has 0 spiro atoms. The van der Waals surface area contributed by atoms with Crippen LogP contribution in [0.15, 0.2) is 0 Å². The Hall–Kier alpha value is -0.780. The summed E-state index contributed by atoms with van der Waals surface area (Å²) < 4.78 is 0. The molecule has 0 aromatic carbocycles. The molecule has 60 valence electrons. The minimum absolute atomic E-state index is 0.0116. The summed E-state index contributed by atoms with van der Waals surface area (Å²) in [7, 11) is 0. The predicted molar refractivity (Wildman–Crippen MR) is 40.3 cm³/mol. The van der Waals surface area contributed by atoms with E-state index in [-0.39, 0.29) is 16.1 Å². The minimum Gasteiger partial charge on any atom is -0.324 e. The Labute approximate surface area is 71.9 Å². The maximum atomic E-state index is 10.7. The maximum absolute atomic E-state index is 10.7. The molecular formula is C4H4Cl2N4O. The van der Waals surface area contributed by atoms with E-state index in [0.29, 0.717) is 0 Å². The van der Waals surface area contributed by atoms with Crippen LogP contribution in [-0.2, 0) is 0 Å². The average Bonchev–Trinajstić information content (AvgIpc) is 2.31. The zero-order chi connectivity index (χ0) is 8.43. The number of amides is 1. The number of nitrogen functional groups attached to an aromatic ring is 1. The van der Waals surface area contributed by atoms with E-state index in [1.165, 1.54) is 0 Å². The highest BCUT2D eigenvalue weighted by Crippen LogP contribution is 2.17. The summed E-state index contributed by atoms with van der Waals surface area (Å²) in [6, 6.07) is 0. The molecule has 4 N–H and O–H groups in total. The van der Waals surface area contributed by atoms with Crippen molar-refractivity contribution in [3.8, 4) is 0 Å². The van der Waals surface area contributed by atoms with Crippen LogP contribution in [0.3, 0.4) is 0 Å². The summed E-state index contributed by atoms with van der Waals surface area (Å²) in [6.07, 6.45) is 0. The van der Waals surface area contributed by atoms with Crippen LogP contribution in [0.1, 0.15) is 10.6 Å². The lowest BCUT2D eigenvalue weighted by atomic mass is 10.6. The summed E-state index contributed by atoms with van der Waals surface area (Å²) in [5.74, 6) is 4.24. The van der Waals surface area contributed by atoms with Crippen molar-refractivity contribution < 1.29 is 4.79 Å². The van der Waals surface area contributed by atoms with E-state index in [1.54, 1.807) is 0 Å². The van der Waals surface area contributed by atoms with Gasteiger partial charge in [0.15, 0.2) is 11.0 Å². The topological polar surface area (TPSA) is 83.8 Å². The molecule has 0 saturated heterocycles. The standard InChI is InChI=1S/C4H4Cl2N4O/c5-1-2(6)9-3(8-1)4(11)10-7/h7H2,(H,8,9)(H,10,11). The molecule has 0 bridgehead atoms. The van der Waals surface area contributed by atoms with Gasteiger partial charge in [-0.2, -0.15) is 0 Å². The van der Waals surface area contributed by atoms with Gasteiger partial charge < -0.3 is 4.98 Å². The van der Waals surface area contributed by atoms with Crippen LogP contribution in [0.5, 0.6) is 0 Å². The number of rotatable bonds is 1. The summed E-state index contributed by atoms with van der Waals surface area (Å²) >= 11 is 10.9. The lowest BCUT2D eigenvalue weighted by Gasteiger charge is -1.90. The van der Waals surface area contributed by atoms with Crippen molar-refractivity contribution in [1.82, 2.24) is 15.4 Å². The molecule has 1 aromatic heterocycles. The molecule has 0 aliphatic carbocycles. The number of aromatic amines is 1. The van der Waals surface area contributed by atoms with Gasteiger partial charge in [0.1, 0.15) is 5.15 Å². The SMILES string of the molecule is NNC(=O)c1nc(Cl)c(Cl)[nH]1. The van der Waals surface area contributed by atoms with Gasteiger partial charge in [0, 0.05) is 0 Å². The second-order valence-electron chi connectivity index (χ2n) is 1.66. The molecule has 0 fully saturated rings. The highest BCUT2D eigenvalue weighted by atomic mass is 35.5. The van der Waals surface area contributed by atoms with Gasteiger partial charge in [-0.1, -0.05) is 23.2 Å². The number of aromatic nitrogens is 2. The minimum atomic E-state index is -0.571. The first-order valence-corrected chi connectivity index (χ1v) is 3.32. The first-order chi connectivity index (χ1) is 5.15. The fourth-order valence-electron chi connectivity index (χ4n) is 0.507. The summed E-state index contributed by atoms with van der Waals surface area (Å²) in [5.41, 5.74) is 1.87. The average molecular weight is 195 g/mol. The molecule has 5 nitrogen and oxygen atoms in total. The van der Waals surface area contributed by atoms with E-state index in [2.05, 4.69) is 9.97 Å². The molecule has 0 aliphatic heterocycles. The largest absolute Gasteiger partial charge is 0.324 e. The second-order valence-corrected chi connectivity index (χ2v) is 2.40. The van der Waals surface area contributed by atoms with Gasteiger partial charge in [0.2, 0.25) is 0 Å². The molecule has 0 atom stereocenters. The third-order valence-corrected chi connectivity index (χ3v) is 1.61. The van der Waals surface area contributed by atoms with Gasteiger partial charge in [-0.3, -0.25) is 10.2 Å². The zero-order valence-corrected chi connectivity index (χ0v) is 6.70. The summed E-state index contributed by atoms with van der Waals surface area (Å²) in [4.78, 5) is 16.7. The zero-order valence-electron chi connectivity index (χ0n) is 5.19. The lowest BCUT2D eigenvalue weighted by Crippen LogP contribution is -2.30. The molecule has 0 unspecified atom stereocenters. The first kappa shape index (κ1) is 8.32. The van der Waals surface area contributed by atoms with Gasteiger partial charge in [-0.25, -0.2) is 10.8 Å². The Kier molecular flexibility index (Phi) is 2.33. The quantitative estimate of drug-likeness (QED) is 0.342. The van der Waals surface area contributed by atoms with Gasteiger partial charge in [0.05, 0.1) is 0 Å². The Morgan fingerprint density at radius 3 is 2.64 bits per heavy atom. The van der Waals surface area contributed by atoms with E-state index in [4.69, 9.17) is 29.0 Å². The second kappa shape index (κ2) is 3.08. The maximum Gasteiger partial charge on any atom is 0.301 e. The number of carbonyl (C=O) groups is 1. The van der Waals surface area contributed by atoms with E-state index in [0.717, 1.165) is 0 Å². The highest BCUT2D eigenvalue weighted by Gasteiger charge is 2.11. The Bertz CT molecular complexity index is 264. The lowest BCUT2D eigenvalue weighted by molar-refractivity contribution is 0.0944. The molecule has 7 heteroatoms. The highest BCUT2D eigenvalue weighted by molar-refractivity contribution is 6.40.